The van der Waals surface area contributed by atoms with Crippen LogP contribution < -0.4 is 9.47 Å². The fourth-order valence-electron chi connectivity index (χ4n) is 1.91. The molecule has 0 saturated heterocycles. The SMILES string of the molecule is CCN(CC)C(=O)c1cc2c(cc1Cl)OCCO2. The van der Waals surface area contributed by atoms with Gasteiger partial charge in [-0.05, 0) is 19.9 Å². The molecule has 4 nitrogen and oxygen atoms in total. The zero-order chi connectivity index (χ0) is 13.1. The number of amides is 1. The molecule has 18 heavy (non-hydrogen) atoms. The summed E-state index contributed by atoms with van der Waals surface area (Å²) < 4.78 is 10.9. The van der Waals surface area contributed by atoms with Crippen LogP contribution in [0.2, 0.25) is 5.02 Å². The number of rotatable bonds is 3. The lowest BCUT2D eigenvalue weighted by molar-refractivity contribution is 0.0772. The second-order valence-electron chi connectivity index (χ2n) is 3.95. The number of fused-ring (bicyclic) bond motifs is 1. The van der Waals surface area contributed by atoms with Crippen LogP contribution in [0.1, 0.15) is 24.2 Å². The number of halogens is 1. The number of nitrogens with zero attached hydrogens (tertiary/aromatic N) is 1. The van der Waals surface area contributed by atoms with Crippen molar-refractivity contribution in [2.75, 3.05) is 26.3 Å². The molecule has 0 aromatic heterocycles. The molecule has 0 N–H and O–H groups in total. The summed E-state index contributed by atoms with van der Waals surface area (Å²) in [5, 5.41) is 0.399. The Morgan fingerprint density at radius 1 is 1.22 bits per heavy atom. The maximum Gasteiger partial charge on any atom is 0.255 e. The number of carbonyl (C=O) groups is 1. The van der Waals surface area contributed by atoms with E-state index in [1.165, 1.54) is 0 Å². The van der Waals surface area contributed by atoms with E-state index < -0.39 is 0 Å². The first kappa shape index (κ1) is 13.0. The topological polar surface area (TPSA) is 38.8 Å². The van der Waals surface area contributed by atoms with Crippen molar-refractivity contribution < 1.29 is 14.3 Å². The molecule has 1 heterocycles. The molecule has 1 aromatic rings. The smallest absolute Gasteiger partial charge is 0.255 e. The van der Waals surface area contributed by atoms with Crippen LogP contribution >= 0.6 is 11.6 Å². The van der Waals surface area contributed by atoms with Crippen LogP contribution in [-0.2, 0) is 0 Å². The summed E-state index contributed by atoms with van der Waals surface area (Å²) in [6.07, 6.45) is 0. The highest BCUT2D eigenvalue weighted by Crippen LogP contribution is 2.35. The van der Waals surface area contributed by atoms with Crippen molar-refractivity contribution in [1.29, 1.82) is 0 Å². The normalized spacial score (nSPS) is 13.3. The van der Waals surface area contributed by atoms with Gasteiger partial charge in [0, 0.05) is 19.2 Å². The van der Waals surface area contributed by atoms with E-state index in [9.17, 15) is 4.79 Å². The number of carbonyl (C=O) groups excluding carboxylic acids is 1. The zero-order valence-corrected chi connectivity index (χ0v) is 11.3. The molecule has 1 aromatic carbocycles. The van der Waals surface area contributed by atoms with E-state index in [2.05, 4.69) is 0 Å². The molecule has 0 spiro atoms. The average Bonchev–Trinajstić information content (AvgIpc) is 2.39. The minimum absolute atomic E-state index is 0.0815. The highest BCUT2D eigenvalue weighted by Gasteiger charge is 2.21. The lowest BCUT2D eigenvalue weighted by Crippen LogP contribution is -2.30. The molecule has 1 aliphatic rings. The molecule has 1 amide bonds. The maximum absolute atomic E-state index is 12.3. The van der Waals surface area contributed by atoms with E-state index in [1.807, 2.05) is 13.8 Å². The summed E-state index contributed by atoms with van der Waals surface area (Å²) in [5.74, 6) is 1.10. The lowest BCUT2D eigenvalue weighted by atomic mass is 10.1. The van der Waals surface area contributed by atoms with Crippen LogP contribution in [0.5, 0.6) is 11.5 Å². The van der Waals surface area contributed by atoms with Gasteiger partial charge in [0.2, 0.25) is 0 Å². The van der Waals surface area contributed by atoms with Gasteiger partial charge in [-0.3, -0.25) is 4.79 Å². The minimum Gasteiger partial charge on any atom is -0.486 e. The number of hydrogen-bond donors (Lipinski definition) is 0. The van der Waals surface area contributed by atoms with Crippen LogP contribution in [0, 0.1) is 0 Å². The third kappa shape index (κ3) is 2.38. The molecule has 0 atom stereocenters. The Bertz CT molecular complexity index is 458. The molecule has 2 rings (SSSR count). The van der Waals surface area contributed by atoms with Gasteiger partial charge in [-0.15, -0.1) is 0 Å². The Kier molecular flexibility index (Phi) is 3.97. The van der Waals surface area contributed by atoms with Crippen LogP contribution in [0.4, 0.5) is 0 Å². The molecule has 0 bridgehead atoms. The van der Waals surface area contributed by atoms with Crippen molar-refractivity contribution in [3.63, 3.8) is 0 Å². The van der Waals surface area contributed by atoms with Gasteiger partial charge in [0.25, 0.3) is 5.91 Å². The predicted molar refractivity (Wildman–Crippen MR) is 69.7 cm³/mol. The van der Waals surface area contributed by atoms with Crippen LogP contribution in [0.3, 0.4) is 0 Å². The minimum atomic E-state index is -0.0815. The van der Waals surface area contributed by atoms with Crippen molar-refractivity contribution in [3.8, 4) is 11.5 Å². The molecule has 0 radical (unpaired) electrons. The molecule has 0 unspecified atom stereocenters. The maximum atomic E-state index is 12.3. The van der Waals surface area contributed by atoms with Gasteiger partial charge >= 0.3 is 0 Å². The monoisotopic (exact) mass is 269 g/mol. The molecular weight excluding hydrogens is 254 g/mol. The summed E-state index contributed by atoms with van der Waals surface area (Å²) in [6, 6.07) is 3.31. The molecule has 0 saturated carbocycles. The van der Waals surface area contributed by atoms with Crippen molar-refractivity contribution >= 4 is 17.5 Å². The van der Waals surface area contributed by atoms with Crippen molar-refractivity contribution in [2.24, 2.45) is 0 Å². The van der Waals surface area contributed by atoms with Gasteiger partial charge in [0.05, 0.1) is 10.6 Å². The van der Waals surface area contributed by atoms with Crippen LogP contribution in [0.25, 0.3) is 0 Å². The van der Waals surface area contributed by atoms with Crippen molar-refractivity contribution in [2.45, 2.75) is 13.8 Å². The highest BCUT2D eigenvalue weighted by atomic mass is 35.5. The summed E-state index contributed by atoms with van der Waals surface area (Å²) in [7, 11) is 0. The summed E-state index contributed by atoms with van der Waals surface area (Å²) in [6.45, 7) is 6.18. The first-order chi connectivity index (χ1) is 8.67. The molecular formula is C13H16ClNO3. The fourth-order valence-corrected chi connectivity index (χ4v) is 2.14. The lowest BCUT2D eigenvalue weighted by Gasteiger charge is -2.22. The molecule has 1 aliphatic heterocycles. The fraction of sp³-hybridized carbons (Fsp3) is 0.462. The van der Waals surface area contributed by atoms with Crippen LogP contribution in [0.15, 0.2) is 12.1 Å². The van der Waals surface area contributed by atoms with E-state index >= 15 is 0 Å². The van der Waals surface area contributed by atoms with E-state index in [1.54, 1.807) is 17.0 Å². The Hall–Kier alpha value is -1.42. The van der Waals surface area contributed by atoms with E-state index in [0.717, 1.165) is 0 Å². The van der Waals surface area contributed by atoms with Gasteiger partial charge in [-0.1, -0.05) is 11.6 Å². The third-order valence-electron chi connectivity index (χ3n) is 2.91. The van der Waals surface area contributed by atoms with Gasteiger partial charge in [0.1, 0.15) is 13.2 Å². The average molecular weight is 270 g/mol. The van der Waals surface area contributed by atoms with Gasteiger partial charge in [-0.2, -0.15) is 0 Å². The number of benzene rings is 1. The molecule has 0 aliphatic carbocycles. The Morgan fingerprint density at radius 2 is 1.78 bits per heavy atom. The Morgan fingerprint density at radius 3 is 2.33 bits per heavy atom. The number of hydrogen-bond acceptors (Lipinski definition) is 3. The Balaban J connectivity index is 2.36. The van der Waals surface area contributed by atoms with Gasteiger partial charge in [-0.25, -0.2) is 0 Å². The van der Waals surface area contributed by atoms with Crippen molar-refractivity contribution in [1.82, 2.24) is 4.90 Å². The van der Waals surface area contributed by atoms with Gasteiger partial charge in [0.15, 0.2) is 11.5 Å². The zero-order valence-electron chi connectivity index (χ0n) is 10.5. The number of ether oxygens (including phenoxy) is 2. The third-order valence-corrected chi connectivity index (χ3v) is 3.23. The van der Waals surface area contributed by atoms with Crippen LogP contribution in [-0.4, -0.2) is 37.1 Å². The first-order valence-electron chi connectivity index (χ1n) is 6.05. The highest BCUT2D eigenvalue weighted by molar-refractivity contribution is 6.34. The standard InChI is InChI=1S/C13H16ClNO3/c1-3-15(4-2)13(16)9-7-11-12(8-10(9)14)18-6-5-17-11/h7-8H,3-6H2,1-2H3. The van der Waals surface area contributed by atoms with E-state index in [4.69, 9.17) is 21.1 Å². The van der Waals surface area contributed by atoms with E-state index in [-0.39, 0.29) is 5.91 Å². The first-order valence-corrected chi connectivity index (χ1v) is 6.43. The molecule has 5 heteroatoms. The summed E-state index contributed by atoms with van der Waals surface area (Å²) in [5.41, 5.74) is 0.463. The second-order valence-corrected chi connectivity index (χ2v) is 4.36. The summed E-state index contributed by atoms with van der Waals surface area (Å²) >= 11 is 6.13. The summed E-state index contributed by atoms with van der Waals surface area (Å²) in [4.78, 5) is 14.0. The Labute approximate surface area is 111 Å². The largest absolute Gasteiger partial charge is 0.486 e. The second kappa shape index (κ2) is 5.48. The molecule has 98 valence electrons. The predicted octanol–water partition coefficient (Wildman–Crippen LogP) is 2.59. The van der Waals surface area contributed by atoms with Crippen molar-refractivity contribution in [3.05, 3.63) is 22.7 Å². The van der Waals surface area contributed by atoms with E-state index in [0.29, 0.717) is 48.4 Å². The quantitative estimate of drug-likeness (QED) is 0.847. The molecule has 0 fully saturated rings. The van der Waals surface area contributed by atoms with Gasteiger partial charge < -0.3 is 14.4 Å².